The van der Waals surface area contributed by atoms with Crippen LogP contribution in [0.2, 0.25) is 0 Å². The highest BCUT2D eigenvalue weighted by Crippen LogP contribution is 2.39. The van der Waals surface area contributed by atoms with E-state index < -0.39 is 5.60 Å². The zero-order chi connectivity index (χ0) is 11.9. The molecular weight excluding hydrogens is 207 g/mol. The first kappa shape index (κ1) is 11.6. The minimum Gasteiger partial charge on any atom is -0.382 e. The van der Waals surface area contributed by atoms with Crippen LogP contribution < -0.4 is 0 Å². The topological polar surface area (TPSA) is 29.5 Å². The molecule has 16 heavy (non-hydrogen) atoms. The SMILES string of the molecule is Cc1cc(C)c(C2(O)CCOC2C)c(F)c1. The van der Waals surface area contributed by atoms with E-state index in [0.717, 1.165) is 11.1 Å². The molecular formula is C13H17FO2. The Morgan fingerprint density at radius 2 is 2.12 bits per heavy atom. The maximum atomic E-state index is 14.0. The summed E-state index contributed by atoms with van der Waals surface area (Å²) in [6, 6.07) is 3.35. The Hall–Kier alpha value is -0.930. The molecule has 1 aliphatic heterocycles. The van der Waals surface area contributed by atoms with Gasteiger partial charge in [0.2, 0.25) is 0 Å². The molecule has 3 heteroatoms. The number of aliphatic hydroxyl groups is 1. The van der Waals surface area contributed by atoms with Crippen LogP contribution in [-0.2, 0) is 10.3 Å². The minimum absolute atomic E-state index is 0.336. The summed E-state index contributed by atoms with van der Waals surface area (Å²) in [5.74, 6) is -0.336. The van der Waals surface area contributed by atoms with E-state index >= 15 is 0 Å². The molecule has 0 amide bonds. The molecule has 0 radical (unpaired) electrons. The first-order chi connectivity index (χ1) is 7.45. The van der Waals surface area contributed by atoms with Crippen molar-refractivity contribution in [3.8, 4) is 0 Å². The van der Waals surface area contributed by atoms with Gasteiger partial charge in [0.05, 0.1) is 12.7 Å². The standard InChI is InChI=1S/C13H17FO2/c1-8-6-9(2)12(11(14)7-8)13(15)4-5-16-10(13)3/h6-7,10,15H,4-5H2,1-3H3. The fourth-order valence-corrected chi connectivity index (χ4v) is 2.52. The first-order valence-corrected chi connectivity index (χ1v) is 5.56. The number of ether oxygens (including phenoxy) is 1. The predicted octanol–water partition coefficient (Wildman–Crippen LogP) is 2.44. The van der Waals surface area contributed by atoms with E-state index in [4.69, 9.17) is 4.74 Å². The minimum atomic E-state index is -1.18. The molecule has 1 N–H and O–H groups in total. The van der Waals surface area contributed by atoms with Gasteiger partial charge in [-0.3, -0.25) is 0 Å². The Bertz CT molecular complexity index is 393. The molecule has 1 aromatic carbocycles. The van der Waals surface area contributed by atoms with Gasteiger partial charge in [0.1, 0.15) is 11.4 Å². The van der Waals surface area contributed by atoms with Crippen LogP contribution >= 0.6 is 0 Å². The molecule has 1 saturated heterocycles. The van der Waals surface area contributed by atoms with Gasteiger partial charge in [-0.25, -0.2) is 4.39 Å². The van der Waals surface area contributed by atoms with Gasteiger partial charge in [-0.05, 0) is 38.0 Å². The van der Waals surface area contributed by atoms with E-state index in [1.807, 2.05) is 19.9 Å². The second kappa shape index (κ2) is 3.82. The van der Waals surface area contributed by atoms with Gasteiger partial charge in [-0.2, -0.15) is 0 Å². The lowest BCUT2D eigenvalue weighted by molar-refractivity contribution is -0.0344. The lowest BCUT2D eigenvalue weighted by atomic mass is 9.84. The number of halogens is 1. The average Bonchev–Trinajstić information content (AvgIpc) is 2.45. The smallest absolute Gasteiger partial charge is 0.129 e. The Morgan fingerprint density at radius 3 is 2.62 bits per heavy atom. The summed E-state index contributed by atoms with van der Waals surface area (Å²) in [6.45, 7) is 5.93. The summed E-state index contributed by atoms with van der Waals surface area (Å²) >= 11 is 0. The summed E-state index contributed by atoms with van der Waals surface area (Å²) in [5.41, 5.74) is 0.872. The average molecular weight is 224 g/mol. The van der Waals surface area contributed by atoms with Crippen LogP contribution in [0.4, 0.5) is 4.39 Å². The first-order valence-electron chi connectivity index (χ1n) is 5.56. The van der Waals surface area contributed by atoms with Crippen molar-refractivity contribution in [3.63, 3.8) is 0 Å². The van der Waals surface area contributed by atoms with Crippen LogP contribution in [0.3, 0.4) is 0 Å². The number of benzene rings is 1. The van der Waals surface area contributed by atoms with Crippen LogP contribution in [0.25, 0.3) is 0 Å². The van der Waals surface area contributed by atoms with Crippen molar-refractivity contribution in [2.24, 2.45) is 0 Å². The fourth-order valence-electron chi connectivity index (χ4n) is 2.52. The molecule has 88 valence electrons. The largest absolute Gasteiger partial charge is 0.382 e. The number of rotatable bonds is 1. The lowest BCUT2D eigenvalue weighted by Crippen LogP contribution is -2.35. The van der Waals surface area contributed by atoms with Crippen LogP contribution in [0.15, 0.2) is 12.1 Å². The maximum absolute atomic E-state index is 14.0. The van der Waals surface area contributed by atoms with Crippen LogP contribution in [0, 0.1) is 19.7 Å². The third-order valence-electron chi connectivity index (χ3n) is 3.39. The summed E-state index contributed by atoms with van der Waals surface area (Å²) < 4.78 is 19.3. The summed E-state index contributed by atoms with van der Waals surface area (Å²) in [7, 11) is 0. The molecule has 0 spiro atoms. The van der Waals surface area contributed by atoms with Crippen molar-refractivity contribution < 1.29 is 14.2 Å². The molecule has 2 atom stereocenters. The molecule has 0 aliphatic carbocycles. The quantitative estimate of drug-likeness (QED) is 0.794. The van der Waals surface area contributed by atoms with Crippen molar-refractivity contribution in [3.05, 3.63) is 34.6 Å². The van der Waals surface area contributed by atoms with E-state index in [2.05, 4.69) is 0 Å². The molecule has 0 saturated carbocycles. The van der Waals surface area contributed by atoms with Gasteiger partial charge in [-0.15, -0.1) is 0 Å². The van der Waals surface area contributed by atoms with Crippen molar-refractivity contribution in [1.82, 2.24) is 0 Å². The molecule has 2 nitrogen and oxygen atoms in total. The number of hydrogen-bond donors (Lipinski definition) is 1. The lowest BCUT2D eigenvalue weighted by Gasteiger charge is -2.28. The van der Waals surface area contributed by atoms with E-state index in [1.54, 1.807) is 6.92 Å². The summed E-state index contributed by atoms with van der Waals surface area (Å²) in [5, 5.41) is 10.5. The van der Waals surface area contributed by atoms with Crippen molar-refractivity contribution >= 4 is 0 Å². The molecule has 1 heterocycles. The molecule has 0 bridgehead atoms. The van der Waals surface area contributed by atoms with Crippen LogP contribution in [0.1, 0.15) is 30.0 Å². The van der Waals surface area contributed by atoms with Gasteiger partial charge in [0.15, 0.2) is 0 Å². The highest BCUT2D eigenvalue weighted by Gasteiger charge is 2.43. The Balaban J connectivity index is 2.55. The number of aryl methyl sites for hydroxylation is 2. The van der Waals surface area contributed by atoms with Gasteiger partial charge in [-0.1, -0.05) is 6.07 Å². The Morgan fingerprint density at radius 1 is 1.44 bits per heavy atom. The molecule has 2 unspecified atom stereocenters. The Kier molecular flexibility index (Phi) is 2.76. The summed E-state index contributed by atoms with van der Waals surface area (Å²) in [6.07, 6.45) is 0.0954. The number of hydrogen-bond acceptors (Lipinski definition) is 2. The zero-order valence-electron chi connectivity index (χ0n) is 9.88. The highest BCUT2D eigenvalue weighted by atomic mass is 19.1. The van der Waals surface area contributed by atoms with Crippen LogP contribution in [0.5, 0.6) is 0 Å². The third-order valence-corrected chi connectivity index (χ3v) is 3.39. The summed E-state index contributed by atoms with van der Waals surface area (Å²) in [4.78, 5) is 0. The van der Waals surface area contributed by atoms with E-state index in [1.165, 1.54) is 6.07 Å². The molecule has 0 aromatic heterocycles. The predicted molar refractivity (Wildman–Crippen MR) is 59.8 cm³/mol. The van der Waals surface area contributed by atoms with Gasteiger partial charge >= 0.3 is 0 Å². The fraction of sp³-hybridized carbons (Fsp3) is 0.538. The monoisotopic (exact) mass is 224 g/mol. The molecule has 1 fully saturated rings. The second-order valence-electron chi connectivity index (χ2n) is 4.63. The van der Waals surface area contributed by atoms with Gasteiger partial charge < -0.3 is 9.84 Å². The van der Waals surface area contributed by atoms with E-state index in [-0.39, 0.29) is 11.9 Å². The molecule has 2 rings (SSSR count). The van der Waals surface area contributed by atoms with E-state index in [9.17, 15) is 9.50 Å². The normalized spacial score (nSPS) is 29.7. The van der Waals surface area contributed by atoms with Gasteiger partial charge in [0.25, 0.3) is 0 Å². The molecule has 1 aliphatic rings. The van der Waals surface area contributed by atoms with Crippen molar-refractivity contribution in [2.45, 2.75) is 38.9 Å². The van der Waals surface area contributed by atoms with Crippen LogP contribution in [-0.4, -0.2) is 17.8 Å². The zero-order valence-corrected chi connectivity index (χ0v) is 9.88. The van der Waals surface area contributed by atoms with Gasteiger partial charge in [0, 0.05) is 12.0 Å². The maximum Gasteiger partial charge on any atom is 0.129 e. The second-order valence-corrected chi connectivity index (χ2v) is 4.63. The highest BCUT2D eigenvalue weighted by molar-refractivity contribution is 5.37. The van der Waals surface area contributed by atoms with Crippen molar-refractivity contribution in [2.75, 3.05) is 6.61 Å². The molecule has 1 aromatic rings. The third kappa shape index (κ3) is 1.64. The Labute approximate surface area is 95.1 Å². The van der Waals surface area contributed by atoms with E-state index in [0.29, 0.717) is 18.6 Å². The van der Waals surface area contributed by atoms with Crippen molar-refractivity contribution in [1.29, 1.82) is 0 Å².